The SMILES string of the molecule is CC(C)(C)CC(=O)N(CC(c1ccccc1)c1ccccc1)CC1NCCC1S. The molecule has 0 aromatic heterocycles. The van der Waals surface area contributed by atoms with Gasteiger partial charge in [-0.1, -0.05) is 81.4 Å². The van der Waals surface area contributed by atoms with E-state index >= 15 is 0 Å². The lowest BCUT2D eigenvalue weighted by Crippen LogP contribution is -2.46. The molecule has 3 rings (SSSR count). The van der Waals surface area contributed by atoms with Crippen molar-refractivity contribution in [3.8, 4) is 0 Å². The van der Waals surface area contributed by atoms with E-state index in [4.69, 9.17) is 12.6 Å². The fourth-order valence-corrected chi connectivity index (χ4v) is 4.34. The molecule has 0 spiro atoms. The molecule has 3 nitrogen and oxygen atoms in total. The van der Waals surface area contributed by atoms with Crippen LogP contribution in [0.4, 0.5) is 0 Å². The summed E-state index contributed by atoms with van der Waals surface area (Å²) < 4.78 is 0. The number of benzene rings is 2. The van der Waals surface area contributed by atoms with Crippen molar-refractivity contribution in [3.05, 3.63) is 71.8 Å². The summed E-state index contributed by atoms with van der Waals surface area (Å²) in [4.78, 5) is 15.4. The summed E-state index contributed by atoms with van der Waals surface area (Å²) in [5.74, 6) is 0.379. The van der Waals surface area contributed by atoms with E-state index in [0.29, 0.717) is 24.8 Å². The summed E-state index contributed by atoms with van der Waals surface area (Å²) in [5, 5.41) is 3.84. The molecule has 1 heterocycles. The van der Waals surface area contributed by atoms with Crippen molar-refractivity contribution in [2.24, 2.45) is 5.41 Å². The van der Waals surface area contributed by atoms with Gasteiger partial charge in [-0.25, -0.2) is 0 Å². The number of amides is 1. The molecule has 0 bridgehead atoms. The maximum atomic E-state index is 13.3. The Morgan fingerprint density at radius 2 is 1.62 bits per heavy atom. The fraction of sp³-hybridized carbons (Fsp3) is 0.480. The molecular weight excluding hydrogens is 376 g/mol. The average Bonchev–Trinajstić information content (AvgIpc) is 3.09. The van der Waals surface area contributed by atoms with Crippen molar-refractivity contribution in [2.45, 2.75) is 50.8 Å². The molecule has 0 saturated carbocycles. The molecule has 29 heavy (non-hydrogen) atoms. The molecule has 1 fully saturated rings. The van der Waals surface area contributed by atoms with Crippen molar-refractivity contribution in [1.29, 1.82) is 0 Å². The van der Waals surface area contributed by atoms with Crippen molar-refractivity contribution in [1.82, 2.24) is 10.2 Å². The first-order chi connectivity index (χ1) is 13.8. The standard InChI is InChI=1S/C25H34N2OS/c1-25(2,3)16-24(28)27(18-22-23(29)14-15-26-22)17-21(19-10-6-4-7-11-19)20-12-8-5-9-13-20/h4-13,21-23,26,29H,14-18H2,1-3H3. The predicted octanol–water partition coefficient (Wildman–Crippen LogP) is 4.74. The largest absolute Gasteiger partial charge is 0.340 e. The third kappa shape index (κ3) is 6.35. The lowest BCUT2D eigenvalue weighted by Gasteiger charge is -2.33. The van der Waals surface area contributed by atoms with Gasteiger partial charge >= 0.3 is 0 Å². The van der Waals surface area contributed by atoms with Gasteiger partial charge in [0.2, 0.25) is 5.91 Å². The van der Waals surface area contributed by atoms with Gasteiger partial charge in [-0.05, 0) is 29.5 Å². The Balaban J connectivity index is 1.88. The maximum Gasteiger partial charge on any atom is 0.223 e. The van der Waals surface area contributed by atoms with E-state index in [9.17, 15) is 4.79 Å². The number of nitrogens with zero attached hydrogens (tertiary/aromatic N) is 1. The maximum absolute atomic E-state index is 13.3. The number of hydrogen-bond acceptors (Lipinski definition) is 3. The van der Waals surface area contributed by atoms with Crippen molar-refractivity contribution in [3.63, 3.8) is 0 Å². The number of nitrogens with one attached hydrogen (secondary N) is 1. The Labute approximate surface area is 181 Å². The van der Waals surface area contributed by atoms with Crippen LogP contribution in [-0.4, -0.2) is 41.7 Å². The molecule has 0 aliphatic carbocycles. The summed E-state index contributed by atoms with van der Waals surface area (Å²) in [6, 6.07) is 21.3. The molecule has 2 aromatic carbocycles. The Morgan fingerprint density at radius 3 is 2.07 bits per heavy atom. The summed E-state index contributed by atoms with van der Waals surface area (Å²) >= 11 is 4.75. The van der Waals surface area contributed by atoms with Crippen molar-refractivity contribution >= 4 is 18.5 Å². The van der Waals surface area contributed by atoms with Gasteiger partial charge in [-0.15, -0.1) is 0 Å². The van der Waals surface area contributed by atoms with E-state index in [0.717, 1.165) is 13.0 Å². The third-order valence-corrected chi connectivity index (χ3v) is 6.19. The Bertz CT molecular complexity index is 733. The molecule has 1 aliphatic rings. The highest BCUT2D eigenvalue weighted by Gasteiger charge is 2.31. The van der Waals surface area contributed by atoms with Gasteiger partial charge in [0, 0.05) is 36.7 Å². The summed E-state index contributed by atoms with van der Waals surface area (Å²) in [6.07, 6.45) is 1.60. The second-order valence-electron chi connectivity index (χ2n) is 9.33. The molecule has 2 aromatic rings. The van der Waals surface area contributed by atoms with Crippen LogP contribution in [0.1, 0.15) is 50.7 Å². The average molecular weight is 411 g/mol. The molecule has 2 atom stereocenters. The van der Waals surface area contributed by atoms with E-state index in [1.54, 1.807) is 0 Å². The fourth-order valence-electron chi connectivity index (χ4n) is 4.02. The van der Waals surface area contributed by atoms with Crippen LogP contribution < -0.4 is 5.32 Å². The van der Waals surface area contributed by atoms with Crippen molar-refractivity contribution < 1.29 is 4.79 Å². The van der Waals surface area contributed by atoms with Gasteiger partial charge in [0.05, 0.1) is 0 Å². The van der Waals surface area contributed by atoms with Crippen LogP contribution in [0, 0.1) is 5.41 Å². The highest BCUT2D eigenvalue weighted by molar-refractivity contribution is 7.81. The molecule has 1 aliphatic heterocycles. The zero-order chi connectivity index (χ0) is 20.9. The second-order valence-corrected chi connectivity index (χ2v) is 9.99. The topological polar surface area (TPSA) is 32.3 Å². The number of hydrogen-bond donors (Lipinski definition) is 2. The van der Waals surface area contributed by atoms with Gasteiger partial charge in [0.1, 0.15) is 0 Å². The molecule has 156 valence electrons. The predicted molar refractivity (Wildman–Crippen MR) is 125 cm³/mol. The molecule has 2 unspecified atom stereocenters. The molecule has 4 heteroatoms. The Kier molecular flexibility index (Phi) is 7.42. The second kappa shape index (κ2) is 9.82. The van der Waals surface area contributed by atoms with E-state index in [-0.39, 0.29) is 23.3 Å². The molecule has 0 radical (unpaired) electrons. The van der Waals surface area contributed by atoms with E-state index in [1.807, 2.05) is 12.1 Å². The van der Waals surface area contributed by atoms with Crippen LogP contribution >= 0.6 is 12.6 Å². The molecule has 1 N–H and O–H groups in total. The van der Waals surface area contributed by atoms with Crippen LogP contribution in [0.15, 0.2) is 60.7 Å². The lowest BCUT2D eigenvalue weighted by molar-refractivity contribution is -0.133. The first kappa shape index (κ1) is 21.9. The van der Waals surface area contributed by atoms with Crippen LogP contribution in [0.2, 0.25) is 0 Å². The van der Waals surface area contributed by atoms with Crippen LogP contribution in [0.25, 0.3) is 0 Å². The highest BCUT2D eigenvalue weighted by Crippen LogP contribution is 2.28. The normalized spacial score (nSPS) is 19.5. The van der Waals surface area contributed by atoms with E-state index in [2.05, 4.69) is 79.5 Å². The van der Waals surface area contributed by atoms with Gasteiger partial charge in [0.25, 0.3) is 0 Å². The minimum absolute atomic E-state index is 0.0339. The molecular formula is C25H34N2OS. The quantitative estimate of drug-likeness (QED) is 0.646. The van der Waals surface area contributed by atoms with Gasteiger partial charge in [0.15, 0.2) is 0 Å². The van der Waals surface area contributed by atoms with E-state index < -0.39 is 0 Å². The van der Waals surface area contributed by atoms with E-state index in [1.165, 1.54) is 11.1 Å². The van der Waals surface area contributed by atoms with Gasteiger partial charge in [-0.3, -0.25) is 4.79 Å². The minimum atomic E-state index is -0.0339. The molecule has 1 saturated heterocycles. The van der Waals surface area contributed by atoms with Crippen molar-refractivity contribution in [2.75, 3.05) is 19.6 Å². The van der Waals surface area contributed by atoms with Crippen LogP contribution in [0.3, 0.4) is 0 Å². The van der Waals surface area contributed by atoms with Crippen LogP contribution in [0.5, 0.6) is 0 Å². The Morgan fingerprint density at radius 1 is 1.07 bits per heavy atom. The number of thiol groups is 1. The Hall–Kier alpha value is -1.78. The summed E-state index contributed by atoms with van der Waals surface area (Å²) in [6.45, 7) is 8.75. The number of carbonyl (C=O) groups excluding carboxylic acids is 1. The highest BCUT2D eigenvalue weighted by atomic mass is 32.1. The third-order valence-electron chi connectivity index (χ3n) is 5.57. The number of rotatable bonds is 7. The molecule has 1 amide bonds. The minimum Gasteiger partial charge on any atom is -0.340 e. The smallest absolute Gasteiger partial charge is 0.223 e. The zero-order valence-electron chi connectivity index (χ0n) is 17.8. The summed E-state index contributed by atoms with van der Waals surface area (Å²) in [5.41, 5.74) is 2.46. The summed E-state index contributed by atoms with van der Waals surface area (Å²) in [7, 11) is 0. The number of carbonyl (C=O) groups is 1. The lowest BCUT2D eigenvalue weighted by atomic mass is 9.89. The van der Waals surface area contributed by atoms with Gasteiger partial charge in [-0.2, -0.15) is 12.6 Å². The van der Waals surface area contributed by atoms with Crippen LogP contribution in [-0.2, 0) is 4.79 Å². The van der Waals surface area contributed by atoms with Gasteiger partial charge < -0.3 is 10.2 Å². The zero-order valence-corrected chi connectivity index (χ0v) is 18.7. The first-order valence-electron chi connectivity index (χ1n) is 10.6. The first-order valence-corrected chi connectivity index (χ1v) is 11.1. The monoisotopic (exact) mass is 410 g/mol.